The number of carbonyl (C=O) groups excluding carboxylic acids is 2. The minimum atomic E-state index is -0.972. The molecule has 0 saturated carbocycles. The number of nitrogens with one attached hydrogen (secondary N) is 2. The third-order valence-corrected chi connectivity index (χ3v) is 5.43. The highest BCUT2D eigenvalue weighted by Crippen LogP contribution is 2.30. The summed E-state index contributed by atoms with van der Waals surface area (Å²) >= 11 is 17.8. The molecular weight excluding hydrogens is 501 g/mol. The number of amides is 2. The van der Waals surface area contributed by atoms with Crippen LogP contribution in [-0.2, 0) is 16.2 Å². The Hall–Kier alpha value is -3.26. The average Bonchev–Trinajstić information content (AvgIpc) is 2.82. The SMILES string of the molecule is CCOc1cc(/C=N\NC(=O)C(=O)Nc2cccc(Cl)c2Cl)ccc1OCc1ccc(Cl)cc1. The summed E-state index contributed by atoms with van der Waals surface area (Å²) in [5.74, 6) is -0.849. The zero-order chi connectivity index (χ0) is 24.5. The smallest absolute Gasteiger partial charge is 0.329 e. The molecule has 0 saturated heterocycles. The van der Waals surface area contributed by atoms with E-state index in [-0.39, 0.29) is 15.7 Å². The van der Waals surface area contributed by atoms with Crippen molar-refractivity contribution in [1.82, 2.24) is 5.43 Å². The van der Waals surface area contributed by atoms with Crippen LogP contribution in [0.4, 0.5) is 5.69 Å². The Morgan fingerprint density at radius 2 is 1.71 bits per heavy atom. The molecule has 0 fully saturated rings. The second-order valence-electron chi connectivity index (χ2n) is 6.81. The molecular formula is C24H20Cl3N3O4. The summed E-state index contributed by atoms with van der Waals surface area (Å²) in [7, 11) is 0. The summed E-state index contributed by atoms with van der Waals surface area (Å²) in [4.78, 5) is 24.1. The normalized spacial score (nSPS) is 10.7. The van der Waals surface area contributed by atoms with E-state index in [1.165, 1.54) is 12.3 Å². The van der Waals surface area contributed by atoms with Crippen LogP contribution in [0.25, 0.3) is 0 Å². The molecule has 0 spiro atoms. The van der Waals surface area contributed by atoms with E-state index in [4.69, 9.17) is 44.3 Å². The van der Waals surface area contributed by atoms with Gasteiger partial charge in [-0.3, -0.25) is 9.59 Å². The number of rotatable bonds is 8. The van der Waals surface area contributed by atoms with E-state index in [0.717, 1.165) is 5.56 Å². The number of halogens is 3. The Morgan fingerprint density at radius 1 is 0.941 bits per heavy atom. The van der Waals surface area contributed by atoms with Crippen LogP contribution in [0.1, 0.15) is 18.1 Å². The molecule has 0 unspecified atom stereocenters. The van der Waals surface area contributed by atoms with Gasteiger partial charge >= 0.3 is 11.8 Å². The molecule has 2 N–H and O–H groups in total. The molecule has 2 amide bonds. The molecule has 7 nitrogen and oxygen atoms in total. The van der Waals surface area contributed by atoms with Crippen LogP contribution in [0.15, 0.2) is 65.8 Å². The molecule has 34 heavy (non-hydrogen) atoms. The number of benzene rings is 3. The van der Waals surface area contributed by atoms with Crippen LogP contribution in [0, 0.1) is 0 Å². The van der Waals surface area contributed by atoms with Crippen molar-refractivity contribution in [2.24, 2.45) is 5.10 Å². The average molecular weight is 521 g/mol. The van der Waals surface area contributed by atoms with Gasteiger partial charge in [0, 0.05) is 5.02 Å². The summed E-state index contributed by atoms with van der Waals surface area (Å²) in [5, 5.41) is 7.24. The highest BCUT2D eigenvalue weighted by Gasteiger charge is 2.15. The minimum Gasteiger partial charge on any atom is -0.490 e. The number of ether oxygens (including phenoxy) is 2. The van der Waals surface area contributed by atoms with E-state index < -0.39 is 11.8 Å². The maximum Gasteiger partial charge on any atom is 0.329 e. The second-order valence-corrected chi connectivity index (χ2v) is 8.03. The Balaban J connectivity index is 1.60. The Morgan fingerprint density at radius 3 is 2.44 bits per heavy atom. The quantitative estimate of drug-likeness (QED) is 0.226. The maximum atomic E-state index is 12.1. The van der Waals surface area contributed by atoms with Crippen molar-refractivity contribution >= 4 is 58.5 Å². The number of nitrogens with zero attached hydrogens (tertiary/aromatic N) is 1. The van der Waals surface area contributed by atoms with Gasteiger partial charge in [-0.1, -0.05) is 53.0 Å². The second kappa shape index (κ2) is 12.3. The largest absolute Gasteiger partial charge is 0.490 e. The fraction of sp³-hybridized carbons (Fsp3) is 0.125. The molecule has 10 heteroatoms. The van der Waals surface area contributed by atoms with Gasteiger partial charge in [0.15, 0.2) is 11.5 Å². The van der Waals surface area contributed by atoms with E-state index in [0.29, 0.717) is 35.3 Å². The lowest BCUT2D eigenvalue weighted by Gasteiger charge is -2.12. The van der Waals surface area contributed by atoms with Crippen LogP contribution >= 0.6 is 34.8 Å². The van der Waals surface area contributed by atoms with Gasteiger partial charge < -0.3 is 14.8 Å². The highest BCUT2D eigenvalue weighted by atomic mass is 35.5. The summed E-state index contributed by atoms with van der Waals surface area (Å²) < 4.78 is 11.5. The monoisotopic (exact) mass is 519 g/mol. The van der Waals surface area contributed by atoms with E-state index in [2.05, 4.69) is 15.8 Å². The van der Waals surface area contributed by atoms with Gasteiger partial charge in [-0.2, -0.15) is 5.10 Å². The molecule has 3 aromatic rings. The van der Waals surface area contributed by atoms with Gasteiger partial charge in [-0.15, -0.1) is 0 Å². The maximum absolute atomic E-state index is 12.1. The molecule has 0 radical (unpaired) electrons. The number of carbonyl (C=O) groups is 2. The zero-order valence-electron chi connectivity index (χ0n) is 18.0. The number of hydrogen-bond donors (Lipinski definition) is 2. The molecule has 0 atom stereocenters. The van der Waals surface area contributed by atoms with Crippen molar-refractivity contribution in [3.8, 4) is 11.5 Å². The Kier molecular flexibility index (Phi) is 9.16. The van der Waals surface area contributed by atoms with Gasteiger partial charge in [0.2, 0.25) is 0 Å². The molecule has 3 aromatic carbocycles. The first-order valence-corrected chi connectivity index (χ1v) is 11.2. The fourth-order valence-corrected chi connectivity index (χ4v) is 3.20. The Labute approximate surface area is 211 Å². The van der Waals surface area contributed by atoms with Crippen LogP contribution in [0.2, 0.25) is 15.1 Å². The topological polar surface area (TPSA) is 89.0 Å². The van der Waals surface area contributed by atoms with Gasteiger partial charge in [0.25, 0.3) is 0 Å². The van der Waals surface area contributed by atoms with Crippen LogP contribution in [0.5, 0.6) is 11.5 Å². The first kappa shape index (κ1) is 25.4. The standard InChI is InChI=1S/C24H20Cl3N3O4/c1-2-33-21-12-16(8-11-20(21)34-14-15-6-9-17(25)10-7-15)13-28-30-24(32)23(31)29-19-5-3-4-18(26)22(19)27/h3-13H,2,14H2,1H3,(H,29,31)(H,30,32)/b28-13-. The van der Waals surface area contributed by atoms with Crippen molar-refractivity contribution in [3.05, 3.63) is 86.9 Å². The summed E-state index contributed by atoms with van der Waals surface area (Å²) in [5.41, 5.74) is 3.96. The van der Waals surface area contributed by atoms with Crippen molar-refractivity contribution in [2.75, 3.05) is 11.9 Å². The molecule has 0 bridgehead atoms. The van der Waals surface area contributed by atoms with Crippen LogP contribution in [0.3, 0.4) is 0 Å². The summed E-state index contributed by atoms with van der Waals surface area (Å²) in [6, 6.07) is 17.2. The van der Waals surface area contributed by atoms with Crippen molar-refractivity contribution in [2.45, 2.75) is 13.5 Å². The molecule has 0 aliphatic carbocycles. The predicted molar refractivity (Wildman–Crippen MR) is 134 cm³/mol. The van der Waals surface area contributed by atoms with Crippen molar-refractivity contribution in [1.29, 1.82) is 0 Å². The van der Waals surface area contributed by atoms with Gasteiger partial charge in [-0.05, 0) is 60.5 Å². The molecule has 176 valence electrons. The highest BCUT2D eigenvalue weighted by molar-refractivity contribution is 6.45. The van der Waals surface area contributed by atoms with Crippen molar-refractivity contribution < 1.29 is 19.1 Å². The van der Waals surface area contributed by atoms with Gasteiger partial charge in [0.05, 0.1) is 28.6 Å². The molecule has 0 aromatic heterocycles. The van der Waals surface area contributed by atoms with E-state index >= 15 is 0 Å². The lowest BCUT2D eigenvalue weighted by atomic mass is 10.2. The minimum absolute atomic E-state index is 0.135. The summed E-state index contributed by atoms with van der Waals surface area (Å²) in [6.07, 6.45) is 1.38. The molecule has 3 rings (SSSR count). The fourth-order valence-electron chi connectivity index (χ4n) is 2.73. The number of hydrogen-bond acceptors (Lipinski definition) is 5. The van der Waals surface area contributed by atoms with Crippen molar-refractivity contribution in [3.63, 3.8) is 0 Å². The zero-order valence-corrected chi connectivity index (χ0v) is 20.2. The lowest BCUT2D eigenvalue weighted by molar-refractivity contribution is -0.136. The predicted octanol–water partition coefficient (Wildman–Crippen LogP) is 5.71. The molecule has 0 aliphatic heterocycles. The van der Waals surface area contributed by atoms with Crippen LogP contribution < -0.4 is 20.2 Å². The molecule has 0 aliphatic rings. The Bertz CT molecular complexity index is 1200. The van der Waals surface area contributed by atoms with E-state index in [1.54, 1.807) is 42.5 Å². The number of anilines is 1. The third kappa shape index (κ3) is 7.12. The lowest BCUT2D eigenvalue weighted by Crippen LogP contribution is -2.32. The van der Waals surface area contributed by atoms with Crippen LogP contribution in [-0.4, -0.2) is 24.6 Å². The van der Waals surface area contributed by atoms with E-state index in [9.17, 15) is 9.59 Å². The molecule has 0 heterocycles. The first-order valence-electron chi connectivity index (χ1n) is 10.1. The van der Waals surface area contributed by atoms with Gasteiger partial charge in [0.1, 0.15) is 6.61 Å². The summed E-state index contributed by atoms with van der Waals surface area (Å²) in [6.45, 7) is 2.63. The van der Waals surface area contributed by atoms with Gasteiger partial charge in [-0.25, -0.2) is 5.43 Å². The first-order chi connectivity index (χ1) is 16.4. The number of hydrazone groups is 1. The third-order valence-electron chi connectivity index (χ3n) is 4.36. The van der Waals surface area contributed by atoms with E-state index in [1.807, 2.05) is 19.1 Å².